The molecule has 0 aliphatic heterocycles. The smallest absolute Gasteiger partial charge is 0.287 e. The molecule has 1 aromatic heterocycles. The molecule has 0 atom stereocenters. The molecule has 1 heterocycles. The Balaban J connectivity index is 2.15. The standard InChI is InChI=1S/C14H21N3O4/c1-9(2)16-8-11(17(20)21)6-13(16)14(19)15(3)7-10-4-12(18)5-10/h6,8-10,12,18H,4-5,7H2,1-3H3. The average Bonchev–Trinajstić information content (AvgIpc) is 2.81. The fraction of sp³-hybridized carbons (Fsp3) is 0.643. The first-order valence-corrected chi connectivity index (χ1v) is 7.09. The summed E-state index contributed by atoms with van der Waals surface area (Å²) in [6.45, 7) is 4.32. The minimum atomic E-state index is -0.488. The highest BCUT2D eigenvalue weighted by atomic mass is 16.6. The third kappa shape index (κ3) is 3.24. The van der Waals surface area contributed by atoms with Crippen molar-refractivity contribution >= 4 is 11.6 Å². The van der Waals surface area contributed by atoms with E-state index in [4.69, 9.17) is 0 Å². The molecule has 21 heavy (non-hydrogen) atoms. The van der Waals surface area contributed by atoms with Crippen LogP contribution in [0.5, 0.6) is 0 Å². The van der Waals surface area contributed by atoms with E-state index in [1.165, 1.54) is 12.3 Å². The molecule has 0 bridgehead atoms. The van der Waals surface area contributed by atoms with Crippen LogP contribution in [0.2, 0.25) is 0 Å². The fourth-order valence-electron chi connectivity index (χ4n) is 2.68. The number of rotatable bonds is 5. The van der Waals surface area contributed by atoms with Crippen LogP contribution in [0.25, 0.3) is 0 Å². The third-order valence-electron chi connectivity index (χ3n) is 3.91. The van der Waals surface area contributed by atoms with E-state index in [2.05, 4.69) is 0 Å². The van der Waals surface area contributed by atoms with E-state index in [0.717, 1.165) is 0 Å². The van der Waals surface area contributed by atoms with Gasteiger partial charge in [0.15, 0.2) is 0 Å². The van der Waals surface area contributed by atoms with E-state index in [1.54, 1.807) is 16.5 Å². The molecular weight excluding hydrogens is 274 g/mol. The van der Waals surface area contributed by atoms with Crippen molar-refractivity contribution in [3.8, 4) is 0 Å². The molecule has 2 rings (SSSR count). The van der Waals surface area contributed by atoms with Crippen LogP contribution in [0, 0.1) is 16.0 Å². The van der Waals surface area contributed by atoms with Crippen LogP contribution in [0.1, 0.15) is 43.2 Å². The summed E-state index contributed by atoms with van der Waals surface area (Å²) in [6.07, 6.45) is 2.57. The SMILES string of the molecule is CC(C)n1cc([N+](=O)[O-])cc1C(=O)N(C)CC1CC(O)C1. The molecule has 0 spiro atoms. The van der Waals surface area contributed by atoms with Crippen LogP contribution in [0.3, 0.4) is 0 Å². The number of carbonyl (C=O) groups excluding carboxylic acids is 1. The molecule has 116 valence electrons. The first kappa shape index (κ1) is 15.5. The second-order valence-corrected chi connectivity index (χ2v) is 6.02. The van der Waals surface area contributed by atoms with Crippen molar-refractivity contribution in [1.29, 1.82) is 0 Å². The number of amides is 1. The first-order valence-electron chi connectivity index (χ1n) is 7.09. The monoisotopic (exact) mass is 295 g/mol. The first-order chi connectivity index (χ1) is 9.79. The zero-order valence-electron chi connectivity index (χ0n) is 12.5. The van der Waals surface area contributed by atoms with Crippen molar-refractivity contribution in [2.24, 2.45) is 5.92 Å². The highest BCUT2D eigenvalue weighted by molar-refractivity contribution is 5.93. The lowest BCUT2D eigenvalue weighted by Crippen LogP contribution is -2.40. The molecular formula is C14H21N3O4. The molecule has 0 radical (unpaired) electrons. The quantitative estimate of drug-likeness (QED) is 0.663. The number of aliphatic hydroxyl groups is 1. The molecule has 0 aromatic carbocycles. The third-order valence-corrected chi connectivity index (χ3v) is 3.91. The van der Waals surface area contributed by atoms with Gasteiger partial charge in [0.2, 0.25) is 0 Å². The molecule has 1 saturated carbocycles. The Labute approximate surface area is 123 Å². The summed E-state index contributed by atoms with van der Waals surface area (Å²) < 4.78 is 1.63. The number of nitro groups is 1. The second kappa shape index (κ2) is 5.85. The van der Waals surface area contributed by atoms with Crippen molar-refractivity contribution in [3.63, 3.8) is 0 Å². The molecule has 7 heteroatoms. The molecule has 1 amide bonds. The maximum atomic E-state index is 12.5. The summed E-state index contributed by atoms with van der Waals surface area (Å²) >= 11 is 0. The maximum absolute atomic E-state index is 12.5. The largest absolute Gasteiger partial charge is 0.393 e. The number of nitrogens with zero attached hydrogens (tertiary/aromatic N) is 3. The lowest BCUT2D eigenvalue weighted by atomic mass is 9.82. The summed E-state index contributed by atoms with van der Waals surface area (Å²) in [5, 5.41) is 20.2. The predicted molar refractivity (Wildman–Crippen MR) is 77.2 cm³/mol. The number of hydrogen-bond donors (Lipinski definition) is 1. The molecule has 7 nitrogen and oxygen atoms in total. The van der Waals surface area contributed by atoms with Crippen molar-refractivity contribution in [1.82, 2.24) is 9.47 Å². The summed E-state index contributed by atoms with van der Waals surface area (Å²) in [5.41, 5.74) is 0.263. The van der Waals surface area contributed by atoms with Gasteiger partial charge in [-0.05, 0) is 32.6 Å². The van der Waals surface area contributed by atoms with Crippen LogP contribution < -0.4 is 0 Å². The van der Waals surface area contributed by atoms with Gasteiger partial charge >= 0.3 is 0 Å². The van der Waals surface area contributed by atoms with Crippen LogP contribution in [-0.2, 0) is 0 Å². The van der Waals surface area contributed by atoms with Crippen LogP contribution in [-0.4, -0.2) is 45.1 Å². The van der Waals surface area contributed by atoms with Gasteiger partial charge in [0.1, 0.15) is 5.69 Å². The zero-order valence-corrected chi connectivity index (χ0v) is 12.5. The van der Waals surface area contributed by atoms with Gasteiger partial charge in [-0.1, -0.05) is 0 Å². The Morgan fingerprint density at radius 1 is 1.57 bits per heavy atom. The van der Waals surface area contributed by atoms with Gasteiger partial charge in [-0.15, -0.1) is 0 Å². The molecule has 0 unspecified atom stereocenters. The van der Waals surface area contributed by atoms with Gasteiger partial charge in [0, 0.05) is 25.7 Å². The summed E-state index contributed by atoms with van der Waals surface area (Å²) in [6, 6.07) is 1.30. The highest BCUT2D eigenvalue weighted by Crippen LogP contribution is 2.28. The van der Waals surface area contributed by atoms with Crippen molar-refractivity contribution < 1.29 is 14.8 Å². The number of carbonyl (C=O) groups is 1. The van der Waals surface area contributed by atoms with E-state index in [-0.39, 0.29) is 23.7 Å². The van der Waals surface area contributed by atoms with Gasteiger partial charge < -0.3 is 14.6 Å². The summed E-state index contributed by atoms with van der Waals surface area (Å²) in [4.78, 5) is 24.5. The average molecular weight is 295 g/mol. The second-order valence-electron chi connectivity index (χ2n) is 6.02. The van der Waals surface area contributed by atoms with E-state index in [9.17, 15) is 20.0 Å². The predicted octanol–water partition coefficient (Wildman–Crippen LogP) is 1.82. The Morgan fingerprint density at radius 2 is 2.19 bits per heavy atom. The van der Waals surface area contributed by atoms with E-state index in [0.29, 0.717) is 31.0 Å². The fourth-order valence-corrected chi connectivity index (χ4v) is 2.68. The van der Waals surface area contributed by atoms with Gasteiger partial charge in [-0.3, -0.25) is 14.9 Å². The molecule has 0 saturated heterocycles. The summed E-state index contributed by atoms with van der Waals surface area (Å²) in [7, 11) is 1.69. The molecule has 1 aliphatic rings. The van der Waals surface area contributed by atoms with Gasteiger partial charge in [0.25, 0.3) is 11.6 Å². The minimum absolute atomic E-state index is 0.0309. The Kier molecular flexibility index (Phi) is 4.32. The van der Waals surface area contributed by atoms with Crippen LogP contribution in [0.4, 0.5) is 5.69 Å². The molecule has 1 N–H and O–H groups in total. The number of aliphatic hydroxyl groups excluding tert-OH is 1. The van der Waals surface area contributed by atoms with Crippen LogP contribution >= 0.6 is 0 Å². The Bertz CT molecular complexity index is 546. The normalized spacial score (nSPS) is 21.2. The maximum Gasteiger partial charge on any atom is 0.287 e. The van der Waals surface area contributed by atoms with Crippen molar-refractivity contribution in [2.75, 3.05) is 13.6 Å². The van der Waals surface area contributed by atoms with Crippen molar-refractivity contribution in [2.45, 2.75) is 38.8 Å². The molecule has 1 fully saturated rings. The number of aromatic nitrogens is 1. The van der Waals surface area contributed by atoms with Crippen molar-refractivity contribution in [3.05, 3.63) is 28.1 Å². The highest BCUT2D eigenvalue weighted by Gasteiger charge is 2.30. The molecule has 1 aromatic rings. The van der Waals surface area contributed by atoms with E-state index >= 15 is 0 Å². The topological polar surface area (TPSA) is 88.6 Å². The Hall–Kier alpha value is -1.89. The van der Waals surface area contributed by atoms with Crippen LogP contribution in [0.15, 0.2) is 12.3 Å². The van der Waals surface area contributed by atoms with E-state index < -0.39 is 4.92 Å². The zero-order chi connectivity index (χ0) is 15.7. The lowest BCUT2D eigenvalue weighted by molar-refractivity contribution is -0.384. The molecule has 1 aliphatic carbocycles. The van der Waals surface area contributed by atoms with Gasteiger partial charge in [-0.2, -0.15) is 0 Å². The van der Waals surface area contributed by atoms with Gasteiger partial charge in [-0.25, -0.2) is 0 Å². The lowest BCUT2D eigenvalue weighted by Gasteiger charge is -2.34. The Morgan fingerprint density at radius 3 is 2.67 bits per heavy atom. The van der Waals surface area contributed by atoms with Gasteiger partial charge in [0.05, 0.1) is 17.2 Å². The minimum Gasteiger partial charge on any atom is -0.393 e. The van der Waals surface area contributed by atoms with E-state index in [1.807, 2.05) is 13.8 Å². The number of hydrogen-bond acceptors (Lipinski definition) is 4. The summed E-state index contributed by atoms with van der Waals surface area (Å²) in [5.74, 6) is 0.0876.